The quantitative estimate of drug-likeness (QED) is 0.842. The van der Waals surface area contributed by atoms with E-state index in [4.69, 9.17) is 17.3 Å². The predicted molar refractivity (Wildman–Crippen MR) is 74.4 cm³/mol. The van der Waals surface area contributed by atoms with Gasteiger partial charge in [-0.15, -0.1) is 0 Å². The maximum absolute atomic E-state index is 6.50. The summed E-state index contributed by atoms with van der Waals surface area (Å²) in [6, 6.07) is 6.28. The molecule has 2 rings (SSSR count). The van der Waals surface area contributed by atoms with E-state index < -0.39 is 0 Å². The van der Waals surface area contributed by atoms with Crippen LogP contribution < -0.4 is 5.73 Å². The van der Waals surface area contributed by atoms with Gasteiger partial charge in [-0.1, -0.05) is 30.7 Å². The Morgan fingerprint density at radius 2 is 2.00 bits per heavy atom. The molecule has 1 aromatic rings. The third kappa shape index (κ3) is 3.23. The molecule has 0 unspecified atom stereocenters. The second-order valence-corrected chi connectivity index (χ2v) is 6.22. The van der Waals surface area contributed by atoms with E-state index in [2.05, 4.69) is 26.0 Å². The Bertz CT molecular complexity index is 392. The van der Waals surface area contributed by atoms with Crippen LogP contribution in [0.2, 0.25) is 5.02 Å². The van der Waals surface area contributed by atoms with Crippen molar-refractivity contribution in [2.24, 2.45) is 11.7 Å². The SMILES string of the molecule is Cc1ccc(CC2(N)CCC(C)CC2)c(Cl)c1. The number of rotatable bonds is 2. The van der Waals surface area contributed by atoms with Crippen molar-refractivity contribution in [2.75, 3.05) is 0 Å². The summed E-state index contributed by atoms with van der Waals surface area (Å²) >= 11 is 6.28. The zero-order valence-electron chi connectivity index (χ0n) is 10.8. The molecule has 0 aliphatic heterocycles. The molecule has 1 saturated carbocycles. The zero-order valence-corrected chi connectivity index (χ0v) is 11.6. The predicted octanol–water partition coefficient (Wildman–Crippen LogP) is 4.10. The molecule has 0 amide bonds. The van der Waals surface area contributed by atoms with E-state index in [0.29, 0.717) is 0 Å². The summed E-state index contributed by atoms with van der Waals surface area (Å²) in [6.07, 6.45) is 5.66. The molecule has 0 atom stereocenters. The number of nitrogens with two attached hydrogens (primary N) is 1. The van der Waals surface area contributed by atoms with E-state index >= 15 is 0 Å². The van der Waals surface area contributed by atoms with Gasteiger partial charge in [0.2, 0.25) is 0 Å². The van der Waals surface area contributed by atoms with Gasteiger partial charge in [0.1, 0.15) is 0 Å². The lowest BCUT2D eigenvalue weighted by Crippen LogP contribution is -2.45. The Morgan fingerprint density at radius 1 is 1.35 bits per heavy atom. The van der Waals surface area contributed by atoms with Crippen LogP contribution in [-0.2, 0) is 6.42 Å². The van der Waals surface area contributed by atoms with Gasteiger partial charge in [0.25, 0.3) is 0 Å². The molecule has 0 spiro atoms. The van der Waals surface area contributed by atoms with E-state index in [1.807, 2.05) is 6.07 Å². The molecule has 17 heavy (non-hydrogen) atoms. The summed E-state index contributed by atoms with van der Waals surface area (Å²) in [7, 11) is 0. The highest BCUT2D eigenvalue weighted by Gasteiger charge is 2.30. The van der Waals surface area contributed by atoms with Crippen molar-refractivity contribution in [3.8, 4) is 0 Å². The van der Waals surface area contributed by atoms with E-state index in [0.717, 1.165) is 30.2 Å². The van der Waals surface area contributed by atoms with Crippen LogP contribution in [0.25, 0.3) is 0 Å². The Kier molecular flexibility index (Phi) is 3.79. The lowest BCUT2D eigenvalue weighted by molar-refractivity contribution is 0.243. The van der Waals surface area contributed by atoms with Gasteiger partial charge >= 0.3 is 0 Å². The minimum Gasteiger partial charge on any atom is -0.325 e. The molecule has 1 aromatic carbocycles. The average Bonchev–Trinajstić information content (AvgIpc) is 2.27. The fourth-order valence-corrected chi connectivity index (χ4v) is 2.99. The molecule has 0 bridgehead atoms. The van der Waals surface area contributed by atoms with Gasteiger partial charge in [-0.3, -0.25) is 0 Å². The molecule has 94 valence electrons. The first-order valence-electron chi connectivity index (χ1n) is 6.52. The zero-order chi connectivity index (χ0) is 12.5. The Balaban J connectivity index is 2.09. The summed E-state index contributed by atoms with van der Waals surface area (Å²) in [5, 5.41) is 0.869. The van der Waals surface area contributed by atoms with Crippen LogP contribution >= 0.6 is 11.6 Å². The van der Waals surface area contributed by atoms with Crippen LogP contribution in [0.15, 0.2) is 18.2 Å². The van der Waals surface area contributed by atoms with E-state index in [-0.39, 0.29) is 5.54 Å². The number of hydrogen-bond acceptors (Lipinski definition) is 1. The molecule has 0 saturated heterocycles. The summed E-state index contributed by atoms with van der Waals surface area (Å²) in [5.41, 5.74) is 8.88. The van der Waals surface area contributed by atoms with E-state index in [1.165, 1.54) is 24.0 Å². The molecule has 1 nitrogen and oxygen atoms in total. The van der Waals surface area contributed by atoms with Gasteiger partial charge in [-0.25, -0.2) is 0 Å². The maximum atomic E-state index is 6.50. The van der Waals surface area contributed by atoms with Gasteiger partial charge in [0.05, 0.1) is 0 Å². The third-order valence-electron chi connectivity index (χ3n) is 4.02. The Labute approximate surface area is 109 Å². The van der Waals surface area contributed by atoms with Crippen LogP contribution in [0, 0.1) is 12.8 Å². The normalized spacial score (nSPS) is 29.3. The van der Waals surface area contributed by atoms with Gasteiger partial charge in [-0.05, 0) is 62.1 Å². The second-order valence-electron chi connectivity index (χ2n) is 5.82. The van der Waals surface area contributed by atoms with Gasteiger partial charge in [0, 0.05) is 10.6 Å². The molecule has 0 aromatic heterocycles. The molecule has 2 heteroatoms. The van der Waals surface area contributed by atoms with Crippen LogP contribution in [0.1, 0.15) is 43.7 Å². The second kappa shape index (κ2) is 4.99. The minimum absolute atomic E-state index is 0.0363. The minimum atomic E-state index is -0.0363. The van der Waals surface area contributed by atoms with Crippen molar-refractivity contribution in [1.82, 2.24) is 0 Å². The first kappa shape index (κ1) is 12.9. The number of aryl methyl sites for hydroxylation is 1. The average molecular weight is 252 g/mol. The van der Waals surface area contributed by atoms with Gasteiger partial charge in [0.15, 0.2) is 0 Å². The Hall–Kier alpha value is -0.530. The summed E-state index contributed by atoms with van der Waals surface area (Å²) in [5.74, 6) is 0.833. The molecule has 0 heterocycles. The van der Waals surface area contributed by atoms with Crippen molar-refractivity contribution in [2.45, 2.75) is 51.5 Å². The largest absolute Gasteiger partial charge is 0.325 e. The first-order chi connectivity index (χ1) is 7.98. The smallest absolute Gasteiger partial charge is 0.0441 e. The lowest BCUT2D eigenvalue weighted by Gasteiger charge is -2.36. The Morgan fingerprint density at radius 3 is 2.59 bits per heavy atom. The molecule has 2 N–H and O–H groups in total. The third-order valence-corrected chi connectivity index (χ3v) is 4.37. The van der Waals surface area contributed by atoms with Crippen molar-refractivity contribution >= 4 is 11.6 Å². The van der Waals surface area contributed by atoms with Gasteiger partial charge < -0.3 is 5.73 Å². The van der Waals surface area contributed by atoms with Crippen LogP contribution in [0.5, 0.6) is 0 Å². The standard InChI is InChI=1S/C15H22ClN/c1-11-5-7-15(17,8-6-11)10-13-4-3-12(2)9-14(13)16/h3-4,9,11H,5-8,10,17H2,1-2H3. The highest BCUT2D eigenvalue weighted by Crippen LogP contribution is 2.34. The summed E-state index contributed by atoms with van der Waals surface area (Å²) in [4.78, 5) is 0. The fourth-order valence-electron chi connectivity index (χ4n) is 2.69. The van der Waals surface area contributed by atoms with Crippen molar-refractivity contribution in [3.63, 3.8) is 0 Å². The molecule has 1 aliphatic rings. The van der Waals surface area contributed by atoms with E-state index in [1.54, 1.807) is 0 Å². The van der Waals surface area contributed by atoms with Crippen molar-refractivity contribution in [3.05, 3.63) is 34.3 Å². The van der Waals surface area contributed by atoms with Crippen LogP contribution in [-0.4, -0.2) is 5.54 Å². The molecule has 1 fully saturated rings. The van der Waals surface area contributed by atoms with E-state index in [9.17, 15) is 0 Å². The maximum Gasteiger partial charge on any atom is 0.0441 e. The molecule has 1 aliphatic carbocycles. The summed E-state index contributed by atoms with van der Waals surface area (Å²) in [6.45, 7) is 4.38. The first-order valence-corrected chi connectivity index (χ1v) is 6.90. The highest BCUT2D eigenvalue weighted by atomic mass is 35.5. The monoisotopic (exact) mass is 251 g/mol. The molecular weight excluding hydrogens is 230 g/mol. The van der Waals surface area contributed by atoms with Gasteiger partial charge in [-0.2, -0.15) is 0 Å². The summed E-state index contributed by atoms with van der Waals surface area (Å²) < 4.78 is 0. The molecular formula is C15H22ClN. The lowest BCUT2D eigenvalue weighted by atomic mass is 9.74. The number of halogens is 1. The van der Waals surface area contributed by atoms with Crippen molar-refractivity contribution in [1.29, 1.82) is 0 Å². The number of hydrogen-bond donors (Lipinski definition) is 1. The fraction of sp³-hybridized carbons (Fsp3) is 0.600. The van der Waals surface area contributed by atoms with Crippen LogP contribution in [0.4, 0.5) is 0 Å². The molecule has 0 radical (unpaired) electrons. The van der Waals surface area contributed by atoms with Crippen molar-refractivity contribution < 1.29 is 0 Å². The topological polar surface area (TPSA) is 26.0 Å². The highest BCUT2D eigenvalue weighted by molar-refractivity contribution is 6.31. The number of benzene rings is 1. The van der Waals surface area contributed by atoms with Crippen LogP contribution in [0.3, 0.4) is 0 Å².